The predicted octanol–water partition coefficient (Wildman–Crippen LogP) is -1.22. The molecule has 2 fully saturated rings. The molecule has 2 aliphatic rings. The average Bonchev–Trinajstić information content (AvgIpc) is 2.09. The van der Waals surface area contributed by atoms with E-state index in [4.69, 9.17) is 4.84 Å². The molecule has 2 N–H and O–H groups in total. The van der Waals surface area contributed by atoms with E-state index < -0.39 is 0 Å². The van der Waals surface area contributed by atoms with Gasteiger partial charge in [-0.05, 0) is 0 Å². The number of carbonyl (C=O) groups excluding carboxylic acids is 1. The molecule has 1 amide bonds. The van der Waals surface area contributed by atoms with Crippen LogP contribution in [0.2, 0.25) is 0 Å². The Bertz CT molecular complexity index is 153. The van der Waals surface area contributed by atoms with Crippen molar-refractivity contribution in [3.8, 4) is 0 Å². The van der Waals surface area contributed by atoms with Gasteiger partial charge in [0.2, 0.25) is 5.91 Å². The molecule has 50 valence electrons. The number of carbonyl (C=O) groups is 1. The Hall–Kier alpha value is -0.610. The fourth-order valence-corrected chi connectivity index (χ4v) is 1.13. The Labute approximate surface area is 52.5 Å². The lowest BCUT2D eigenvalue weighted by Crippen LogP contribution is -2.59. The normalized spacial score (nSPS) is 30.0. The first-order valence-electron chi connectivity index (χ1n) is 2.98. The fourth-order valence-electron chi connectivity index (χ4n) is 1.13. The highest BCUT2D eigenvalue weighted by molar-refractivity contribution is 5.78. The highest BCUT2D eigenvalue weighted by Gasteiger charge is 2.45. The number of amides is 1. The zero-order valence-electron chi connectivity index (χ0n) is 4.94. The molecule has 0 saturated carbocycles. The van der Waals surface area contributed by atoms with Gasteiger partial charge in [-0.1, -0.05) is 0 Å². The van der Waals surface area contributed by atoms with Gasteiger partial charge in [-0.25, -0.2) is 5.48 Å². The molecule has 2 heterocycles. The minimum atomic E-state index is -0.183. The topological polar surface area (TPSA) is 50.4 Å². The van der Waals surface area contributed by atoms with Gasteiger partial charge in [0.05, 0.1) is 6.42 Å². The maximum absolute atomic E-state index is 10.6. The van der Waals surface area contributed by atoms with E-state index in [9.17, 15) is 4.79 Å². The highest BCUT2D eigenvalue weighted by atomic mass is 16.7. The Balaban J connectivity index is 2.07. The first-order valence-corrected chi connectivity index (χ1v) is 2.98. The van der Waals surface area contributed by atoms with Crippen LogP contribution in [0.1, 0.15) is 6.42 Å². The van der Waals surface area contributed by atoms with Crippen LogP contribution in [0.5, 0.6) is 0 Å². The smallest absolute Gasteiger partial charge is 0.246 e. The third-order valence-corrected chi connectivity index (χ3v) is 1.76. The van der Waals surface area contributed by atoms with Crippen molar-refractivity contribution in [1.29, 1.82) is 0 Å². The SMILES string of the molecule is O=C1CC2(CNC2)ON1. The molecule has 1 spiro atoms. The van der Waals surface area contributed by atoms with Gasteiger partial charge in [0.15, 0.2) is 0 Å². The van der Waals surface area contributed by atoms with Crippen LogP contribution in [-0.4, -0.2) is 24.6 Å². The summed E-state index contributed by atoms with van der Waals surface area (Å²) in [6.07, 6.45) is 0.514. The molecular formula is C5H8N2O2. The van der Waals surface area contributed by atoms with Crippen LogP contribution in [0.3, 0.4) is 0 Å². The number of hydrogen-bond donors (Lipinski definition) is 2. The zero-order chi connectivity index (χ0) is 6.32. The van der Waals surface area contributed by atoms with Crippen molar-refractivity contribution in [3.05, 3.63) is 0 Å². The minimum Gasteiger partial charge on any atom is -0.311 e. The van der Waals surface area contributed by atoms with Crippen LogP contribution in [0.4, 0.5) is 0 Å². The van der Waals surface area contributed by atoms with E-state index in [-0.39, 0.29) is 11.5 Å². The Morgan fingerprint density at radius 3 is 2.56 bits per heavy atom. The maximum atomic E-state index is 10.6. The van der Waals surface area contributed by atoms with Crippen molar-refractivity contribution >= 4 is 5.91 Å². The molecule has 0 aromatic heterocycles. The van der Waals surface area contributed by atoms with Crippen LogP contribution in [0.25, 0.3) is 0 Å². The minimum absolute atomic E-state index is 0.00324. The molecule has 4 heteroatoms. The lowest BCUT2D eigenvalue weighted by molar-refractivity contribution is -0.128. The van der Waals surface area contributed by atoms with E-state index in [0.29, 0.717) is 6.42 Å². The number of hydroxylamine groups is 1. The molecule has 2 aliphatic heterocycles. The lowest BCUT2D eigenvalue weighted by Gasteiger charge is -2.35. The molecule has 9 heavy (non-hydrogen) atoms. The van der Waals surface area contributed by atoms with Gasteiger partial charge < -0.3 is 5.32 Å². The Morgan fingerprint density at radius 1 is 1.56 bits per heavy atom. The van der Waals surface area contributed by atoms with Crippen LogP contribution < -0.4 is 10.8 Å². The van der Waals surface area contributed by atoms with Crippen molar-refractivity contribution in [3.63, 3.8) is 0 Å². The van der Waals surface area contributed by atoms with Gasteiger partial charge in [-0.15, -0.1) is 0 Å². The Morgan fingerprint density at radius 2 is 2.33 bits per heavy atom. The van der Waals surface area contributed by atoms with Crippen molar-refractivity contribution in [1.82, 2.24) is 10.8 Å². The molecule has 0 aromatic rings. The number of nitrogens with one attached hydrogen (secondary N) is 2. The van der Waals surface area contributed by atoms with Gasteiger partial charge in [-0.3, -0.25) is 9.63 Å². The number of hydrogen-bond acceptors (Lipinski definition) is 3. The Kier molecular flexibility index (Phi) is 0.841. The van der Waals surface area contributed by atoms with Crippen molar-refractivity contribution in [2.45, 2.75) is 12.0 Å². The summed E-state index contributed by atoms with van der Waals surface area (Å²) in [7, 11) is 0. The molecule has 4 nitrogen and oxygen atoms in total. The summed E-state index contributed by atoms with van der Waals surface area (Å²) in [6.45, 7) is 1.59. The molecule has 2 rings (SSSR count). The third-order valence-electron chi connectivity index (χ3n) is 1.76. The van der Waals surface area contributed by atoms with Crippen LogP contribution in [0, 0.1) is 0 Å². The summed E-state index contributed by atoms with van der Waals surface area (Å²) in [5.74, 6) is -0.00324. The number of rotatable bonds is 0. The van der Waals surface area contributed by atoms with Gasteiger partial charge in [0, 0.05) is 13.1 Å². The molecule has 0 unspecified atom stereocenters. The van der Waals surface area contributed by atoms with Crippen LogP contribution >= 0.6 is 0 Å². The van der Waals surface area contributed by atoms with E-state index in [1.807, 2.05) is 0 Å². The maximum Gasteiger partial charge on any atom is 0.246 e. The molecule has 0 aliphatic carbocycles. The summed E-state index contributed by atoms with van der Waals surface area (Å²) in [6, 6.07) is 0. The molecule has 2 saturated heterocycles. The first kappa shape index (κ1) is 5.20. The molecule has 0 aromatic carbocycles. The van der Waals surface area contributed by atoms with Crippen LogP contribution in [-0.2, 0) is 9.63 Å². The van der Waals surface area contributed by atoms with E-state index in [1.165, 1.54) is 0 Å². The summed E-state index contributed by atoms with van der Waals surface area (Å²) in [4.78, 5) is 15.6. The second-order valence-electron chi connectivity index (χ2n) is 2.59. The quantitative estimate of drug-likeness (QED) is 0.430. The summed E-state index contributed by atoms with van der Waals surface area (Å²) in [5, 5.41) is 3.05. The van der Waals surface area contributed by atoms with E-state index in [1.54, 1.807) is 0 Å². The third kappa shape index (κ3) is 0.635. The monoisotopic (exact) mass is 128 g/mol. The van der Waals surface area contributed by atoms with Gasteiger partial charge in [0.1, 0.15) is 5.60 Å². The standard InChI is InChI=1S/C5H8N2O2/c8-4-1-5(9-7-4)2-6-3-5/h6H,1-3H2,(H,7,8). The molecule has 0 bridgehead atoms. The second-order valence-corrected chi connectivity index (χ2v) is 2.59. The van der Waals surface area contributed by atoms with E-state index >= 15 is 0 Å². The van der Waals surface area contributed by atoms with Gasteiger partial charge in [-0.2, -0.15) is 0 Å². The van der Waals surface area contributed by atoms with Gasteiger partial charge >= 0.3 is 0 Å². The summed E-state index contributed by atoms with van der Waals surface area (Å²) in [5.41, 5.74) is 2.15. The fraction of sp³-hybridized carbons (Fsp3) is 0.800. The van der Waals surface area contributed by atoms with Crippen LogP contribution in [0.15, 0.2) is 0 Å². The highest BCUT2D eigenvalue weighted by Crippen LogP contribution is 2.23. The largest absolute Gasteiger partial charge is 0.311 e. The lowest BCUT2D eigenvalue weighted by atomic mass is 9.94. The second kappa shape index (κ2) is 1.46. The molecular weight excluding hydrogens is 120 g/mol. The average molecular weight is 128 g/mol. The van der Waals surface area contributed by atoms with Crippen molar-refractivity contribution < 1.29 is 9.63 Å². The van der Waals surface area contributed by atoms with Gasteiger partial charge in [0.25, 0.3) is 0 Å². The first-order chi connectivity index (χ1) is 4.31. The van der Waals surface area contributed by atoms with E-state index in [2.05, 4.69) is 10.8 Å². The summed E-state index contributed by atoms with van der Waals surface area (Å²) < 4.78 is 0. The molecule has 0 atom stereocenters. The zero-order valence-corrected chi connectivity index (χ0v) is 4.94. The predicted molar refractivity (Wildman–Crippen MR) is 29.4 cm³/mol. The van der Waals surface area contributed by atoms with Crippen molar-refractivity contribution in [2.75, 3.05) is 13.1 Å². The van der Waals surface area contributed by atoms with E-state index in [0.717, 1.165) is 13.1 Å². The molecule has 0 radical (unpaired) electrons. The summed E-state index contributed by atoms with van der Waals surface area (Å²) >= 11 is 0. The van der Waals surface area contributed by atoms with Crippen molar-refractivity contribution in [2.24, 2.45) is 0 Å².